The van der Waals surface area contributed by atoms with Crippen molar-refractivity contribution in [3.05, 3.63) is 131 Å². The molecule has 1 aliphatic heterocycles. The maximum Gasteiger partial charge on any atom is 0.323 e. The molecule has 4 aromatic rings. The fourth-order valence-corrected chi connectivity index (χ4v) is 5.64. The molecular formula is C33H31N3O4. The standard InChI is InChI=1S/C33H31N3O4/c1-21-13-15-23(16-14-21)29-28(31(37)24-17-19-26(40-2)20-18-24)27(22-9-5-3-6-10-22)30(32(34)38)36(29)33(39)35-25-11-7-4-8-12-25/h3-20,27-30H,1-2H3,(H2,34,38)(H,35,39). The molecule has 4 unspecified atom stereocenters. The number of Topliss-reactive ketones (excluding diaryl/α,β-unsaturated/α-hetero) is 1. The summed E-state index contributed by atoms with van der Waals surface area (Å²) in [4.78, 5) is 43.2. The van der Waals surface area contributed by atoms with Crippen LogP contribution in [0.2, 0.25) is 0 Å². The molecule has 3 N–H and O–H groups in total. The highest BCUT2D eigenvalue weighted by atomic mass is 16.5. The van der Waals surface area contributed by atoms with Gasteiger partial charge in [-0.05, 0) is 54.4 Å². The third-order valence-corrected chi connectivity index (χ3v) is 7.50. The van der Waals surface area contributed by atoms with Crippen LogP contribution in [-0.2, 0) is 4.79 Å². The Morgan fingerprint density at radius 1 is 0.775 bits per heavy atom. The third-order valence-electron chi connectivity index (χ3n) is 7.50. The van der Waals surface area contributed by atoms with Gasteiger partial charge in [-0.2, -0.15) is 0 Å². The number of benzene rings is 4. The molecule has 0 radical (unpaired) electrons. The van der Waals surface area contributed by atoms with Crippen LogP contribution in [-0.4, -0.2) is 35.8 Å². The molecule has 1 heterocycles. The van der Waals surface area contributed by atoms with E-state index in [-0.39, 0.29) is 5.78 Å². The van der Waals surface area contributed by atoms with Crippen molar-refractivity contribution in [2.75, 3.05) is 12.4 Å². The van der Waals surface area contributed by atoms with Crippen LogP contribution >= 0.6 is 0 Å². The number of carbonyl (C=O) groups is 3. The predicted molar refractivity (Wildman–Crippen MR) is 154 cm³/mol. The minimum Gasteiger partial charge on any atom is -0.497 e. The normalized spacial score (nSPS) is 20.1. The fraction of sp³-hybridized carbons (Fsp3) is 0.182. The van der Waals surface area contributed by atoms with Crippen LogP contribution in [0.1, 0.15) is 39.0 Å². The molecule has 1 aliphatic rings. The van der Waals surface area contributed by atoms with E-state index in [0.29, 0.717) is 17.0 Å². The molecule has 4 aromatic carbocycles. The van der Waals surface area contributed by atoms with Gasteiger partial charge in [-0.1, -0.05) is 78.4 Å². The Morgan fingerprint density at radius 3 is 1.95 bits per heavy atom. The summed E-state index contributed by atoms with van der Waals surface area (Å²) in [5, 5.41) is 2.92. The number of primary amides is 1. The van der Waals surface area contributed by atoms with Gasteiger partial charge in [-0.25, -0.2) is 4.79 Å². The number of hydrogen-bond acceptors (Lipinski definition) is 4. The molecule has 0 bridgehead atoms. The van der Waals surface area contributed by atoms with Gasteiger partial charge < -0.3 is 20.7 Å². The fourth-order valence-electron chi connectivity index (χ4n) is 5.64. The van der Waals surface area contributed by atoms with Gasteiger partial charge in [0.15, 0.2) is 5.78 Å². The second-order valence-electron chi connectivity index (χ2n) is 9.96. The van der Waals surface area contributed by atoms with Crippen LogP contribution in [0.3, 0.4) is 0 Å². The quantitative estimate of drug-likeness (QED) is 0.296. The average Bonchev–Trinajstić information content (AvgIpc) is 3.35. The average molecular weight is 534 g/mol. The lowest BCUT2D eigenvalue weighted by Crippen LogP contribution is -2.48. The first-order valence-corrected chi connectivity index (χ1v) is 13.1. The van der Waals surface area contributed by atoms with Gasteiger partial charge in [0.05, 0.1) is 19.1 Å². The molecule has 40 heavy (non-hydrogen) atoms. The number of methoxy groups -OCH3 is 1. The lowest BCUT2D eigenvalue weighted by molar-refractivity contribution is -0.122. The van der Waals surface area contributed by atoms with Gasteiger partial charge in [-0.3, -0.25) is 9.59 Å². The number of ether oxygens (including phenoxy) is 1. The van der Waals surface area contributed by atoms with Crippen molar-refractivity contribution in [2.24, 2.45) is 11.7 Å². The number of aryl methyl sites for hydroxylation is 1. The van der Waals surface area contributed by atoms with E-state index >= 15 is 0 Å². The molecule has 7 heteroatoms. The SMILES string of the molecule is COc1ccc(C(=O)C2C(c3ccccc3)C(C(N)=O)N(C(=O)Nc3ccccc3)C2c2ccc(C)cc2)cc1. The van der Waals surface area contributed by atoms with Gasteiger partial charge in [0.2, 0.25) is 5.91 Å². The van der Waals surface area contributed by atoms with Crippen LogP contribution in [0.15, 0.2) is 109 Å². The first-order valence-electron chi connectivity index (χ1n) is 13.1. The van der Waals surface area contributed by atoms with Crippen LogP contribution in [0.5, 0.6) is 5.75 Å². The van der Waals surface area contributed by atoms with Crippen molar-refractivity contribution in [1.82, 2.24) is 4.90 Å². The van der Waals surface area contributed by atoms with Crippen molar-refractivity contribution in [1.29, 1.82) is 0 Å². The Bertz CT molecular complexity index is 1490. The zero-order valence-corrected chi connectivity index (χ0v) is 22.4. The van der Waals surface area contributed by atoms with Crippen molar-refractivity contribution < 1.29 is 19.1 Å². The molecule has 5 rings (SSSR count). The number of hydrogen-bond donors (Lipinski definition) is 2. The van der Waals surface area contributed by atoms with Gasteiger partial charge in [0.1, 0.15) is 11.8 Å². The number of likely N-dealkylation sites (tertiary alicyclic amines) is 1. The van der Waals surface area contributed by atoms with E-state index in [1.54, 1.807) is 43.5 Å². The number of urea groups is 1. The highest BCUT2D eigenvalue weighted by Gasteiger charge is 2.57. The number of para-hydroxylation sites is 1. The highest BCUT2D eigenvalue weighted by molar-refractivity contribution is 6.03. The third kappa shape index (κ3) is 5.18. The summed E-state index contributed by atoms with van der Waals surface area (Å²) in [6.45, 7) is 1.97. The molecule has 1 fully saturated rings. The van der Waals surface area contributed by atoms with Crippen LogP contribution in [0, 0.1) is 12.8 Å². The Kier molecular flexibility index (Phi) is 7.64. The number of nitrogens with one attached hydrogen (secondary N) is 1. The summed E-state index contributed by atoms with van der Waals surface area (Å²) in [5.41, 5.74) is 9.62. The van der Waals surface area contributed by atoms with E-state index in [1.165, 1.54) is 4.90 Å². The topological polar surface area (TPSA) is 102 Å². The summed E-state index contributed by atoms with van der Waals surface area (Å²) in [6.07, 6.45) is 0. The molecule has 0 aliphatic carbocycles. The molecule has 1 saturated heterocycles. The molecule has 0 spiro atoms. The first-order chi connectivity index (χ1) is 19.4. The number of amides is 3. The molecule has 3 amide bonds. The summed E-state index contributed by atoms with van der Waals surface area (Å²) in [5.74, 6) is -1.72. The minimum atomic E-state index is -1.08. The van der Waals surface area contributed by atoms with Crippen molar-refractivity contribution in [3.63, 3.8) is 0 Å². The molecular weight excluding hydrogens is 502 g/mol. The highest BCUT2D eigenvalue weighted by Crippen LogP contribution is 2.51. The monoisotopic (exact) mass is 533 g/mol. The van der Waals surface area contributed by atoms with E-state index in [2.05, 4.69) is 5.32 Å². The lowest BCUT2D eigenvalue weighted by Gasteiger charge is -2.31. The molecule has 0 aromatic heterocycles. The Balaban J connectivity index is 1.70. The van der Waals surface area contributed by atoms with Gasteiger partial charge >= 0.3 is 6.03 Å². The number of nitrogens with two attached hydrogens (primary N) is 1. The van der Waals surface area contributed by atoms with Gasteiger partial charge in [0, 0.05) is 17.2 Å². The van der Waals surface area contributed by atoms with E-state index < -0.39 is 35.9 Å². The maximum absolute atomic E-state index is 14.4. The molecule has 7 nitrogen and oxygen atoms in total. The molecule has 4 atom stereocenters. The van der Waals surface area contributed by atoms with E-state index in [4.69, 9.17) is 10.5 Å². The second-order valence-corrected chi connectivity index (χ2v) is 9.96. The molecule has 0 saturated carbocycles. The van der Waals surface area contributed by atoms with Crippen LogP contribution < -0.4 is 15.8 Å². The van der Waals surface area contributed by atoms with Crippen molar-refractivity contribution in [3.8, 4) is 5.75 Å². The Labute approximate surface area is 233 Å². The number of carbonyl (C=O) groups excluding carboxylic acids is 3. The van der Waals surface area contributed by atoms with Gasteiger partial charge in [0.25, 0.3) is 0 Å². The van der Waals surface area contributed by atoms with E-state index in [1.807, 2.05) is 79.7 Å². The number of ketones is 1. The summed E-state index contributed by atoms with van der Waals surface area (Å²) in [7, 11) is 1.56. The Hall–Kier alpha value is -4.91. The summed E-state index contributed by atoms with van der Waals surface area (Å²) in [6, 6.07) is 30.5. The van der Waals surface area contributed by atoms with Gasteiger partial charge in [-0.15, -0.1) is 0 Å². The first kappa shape index (κ1) is 26.7. The van der Waals surface area contributed by atoms with E-state index in [9.17, 15) is 14.4 Å². The summed E-state index contributed by atoms with van der Waals surface area (Å²) >= 11 is 0. The van der Waals surface area contributed by atoms with Crippen molar-refractivity contribution >= 4 is 23.4 Å². The van der Waals surface area contributed by atoms with Crippen molar-refractivity contribution in [2.45, 2.75) is 24.9 Å². The van der Waals surface area contributed by atoms with Crippen LogP contribution in [0.25, 0.3) is 0 Å². The smallest absolute Gasteiger partial charge is 0.323 e. The zero-order chi connectivity index (χ0) is 28.2. The van der Waals surface area contributed by atoms with E-state index in [0.717, 1.165) is 16.7 Å². The minimum absolute atomic E-state index is 0.191. The summed E-state index contributed by atoms with van der Waals surface area (Å²) < 4.78 is 5.29. The lowest BCUT2D eigenvalue weighted by atomic mass is 9.76. The second kappa shape index (κ2) is 11.5. The van der Waals surface area contributed by atoms with Crippen LogP contribution in [0.4, 0.5) is 10.5 Å². The molecule has 202 valence electrons. The number of rotatable bonds is 7. The number of anilines is 1. The zero-order valence-electron chi connectivity index (χ0n) is 22.4. The predicted octanol–water partition coefficient (Wildman–Crippen LogP) is 5.73. The Morgan fingerprint density at radius 2 is 1.38 bits per heavy atom. The number of nitrogens with zero attached hydrogens (tertiary/aromatic N) is 1. The largest absolute Gasteiger partial charge is 0.497 e. The maximum atomic E-state index is 14.4.